The molecule has 0 aliphatic rings. The van der Waals surface area contributed by atoms with Gasteiger partial charge in [0.2, 0.25) is 5.95 Å². The number of nitrogen functional groups attached to an aromatic ring is 1. The second-order valence-electron chi connectivity index (χ2n) is 4.69. The maximum Gasteiger partial charge on any atom is 0.223 e. The van der Waals surface area contributed by atoms with Crippen LogP contribution in [0.2, 0.25) is 0 Å². The smallest absolute Gasteiger partial charge is 0.223 e. The van der Waals surface area contributed by atoms with Crippen molar-refractivity contribution in [3.05, 3.63) is 6.07 Å². The first-order chi connectivity index (χ1) is 9.09. The molecule has 5 N–H and O–H groups in total. The quantitative estimate of drug-likeness (QED) is 0.574. The number of aliphatic hydroxyl groups excluding tert-OH is 1. The molecule has 108 valence electrons. The molecular formula is C13H25N5O. The Bertz CT molecular complexity index is 384. The van der Waals surface area contributed by atoms with Crippen molar-refractivity contribution in [3.63, 3.8) is 0 Å². The van der Waals surface area contributed by atoms with Gasteiger partial charge in [0.05, 0.1) is 12.1 Å². The molecule has 0 atom stereocenters. The van der Waals surface area contributed by atoms with E-state index in [0.29, 0.717) is 11.6 Å². The first kappa shape index (κ1) is 15.5. The normalized spacial score (nSPS) is 11.4. The predicted molar refractivity (Wildman–Crippen MR) is 79.2 cm³/mol. The van der Waals surface area contributed by atoms with Crippen LogP contribution in [0.15, 0.2) is 6.07 Å². The zero-order chi connectivity index (χ0) is 14.3. The summed E-state index contributed by atoms with van der Waals surface area (Å²) in [7, 11) is 0. The van der Waals surface area contributed by atoms with Gasteiger partial charge in [0.15, 0.2) is 0 Å². The Labute approximate surface area is 114 Å². The fourth-order valence-corrected chi connectivity index (χ4v) is 1.84. The van der Waals surface area contributed by atoms with E-state index >= 15 is 0 Å². The van der Waals surface area contributed by atoms with Crippen molar-refractivity contribution in [3.8, 4) is 0 Å². The first-order valence-electron chi connectivity index (χ1n) is 6.86. The van der Waals surface area contributed by atoms with Gasteiger partial charge in [0.25, 0.3) is 0 Å². The number of hydrogen-bond donors (Lipinski definition) is 4. The van der Waals surface area contributed by atoms with Gasteiger partial charge in [-0.1, -0.05) is 20.8 Å². The zero-order valence-corrected chi connectivity index (χ0v) is 12.0. The number of aliphatic hydroxyl groups is 1. The lowest BCUT2D eigenvalue weighted by atomic mass is 9.94. The Morgan fingerprint density at radius 2 is 1.84 bits per heavy atom. The molecule has 19 heavy (non-hydrogen) atoms. The second kappa shape index (κ2) is 7.13. The molecule has 0 bridgehead atoms. The van der Waals surface area contributed by atoms with E-state index in [1.165, 1.54) is 0 Å². The van der Waals surface area contributed by atoms with Crippen molar-refractivity contribution < 1.29 is 5.11 Å². The Hall–Kier alpha value is -1.56. The fraction of sp³-hybridized carbons (Fsp3) is 0.692. The molecule has 0 aliphatic heterocycles. The summed E-state index contributed by atoms with van der Waals surface area (Å²) in [5, 5.41) is 16.0. The molecule has 0 fully saturated rings. The van der Waals surface area contributed by atoms with E-state index in [-0.39, 0.29) is 18.1 Å². The molecule has 0 amide bonds. The number of rotatable bonds is 8. The summed E-state index contributed by atoms with van der Waals surface area (Å²) in [4.78, 5) is 8.31. The molecular weight excluding hydrogens is 242 g/mol. The van der Waals surface area contributed by atoms with Crippen molar-refractivity contribution in [2.24, 2.45) is 0 Å². The van der Waals surface area contributed by atoms with Crippen molar-refractivity contribution in [2.45, 2.75) is 45.6 Å². The Morgan fingerprint density at radius 3 is 2.37 bits per heavy atom. The monoisotopic (exact) mass is 267 g/mol. The molecule has 0 unspecified atom stereocenters. The summed E-state index contributed by atoms with van der Waals surface area (Å²) in [6, 6.07) is 1.82. The molecule has 0 aromatic carbocycles. The summed E-state index contributed by atoms with van der Waals surface area (Å²) in [6.07, 6.45) is 2.63. The van der Waals surface area contributed by atoms with Crippen LogP contribution in [0.25, 0.3) is 0 Å². The Balaban J connectivity index is 2.90. The van der Waals surface area contributed by atoms with Gasteiger partial charge in [-0.3, -0.25) is 0 Å². The van der Waals surface area contributed by atoms with E-state index in [1.807, 2.05) is 19.9 Å². The highest BCUT2D eigenvalue weighted by Gasteiger charge is 2.25. The molecule has 6 heteroatoms. The first-order valence-corrected chi connectivity index (χ1v) is 6.86. The molecule has 0 saturated carbocycles. The average Bonchev–Trinajstić information content (AvgIpc) is 2.42. The van der Waals surface area contributed by atoms with Crippen molar-refractivity contribution in [1.82, 2.24) is 9.97 Å². The van der Waals surface area contributed by atoms with Crippen LogP contribution in [-0.4, -0.2) is 33.8 Å². The topological polar surface area (TPSA) is 96.1 Å². The molecule has 0 radical (unpaired) electrons. The lowest BCUT2D eigenvalue weighted by molar-refractivity contribution is 0.202. The van der Waals surface area contributed by atoms with E-state index in [9.17, 15) is 5.11 Å². The van der Waals surface area contributed by atoms with Gasteiger partial charge in [-0.25, -0.2) is 0 Å². The van der Waals surface area contributed by atoms with Crippen molar-refractivity contribution >= 4 is 17.6 Å². The van der Waals surface area contributed by atoms with E-state index in [0.717, 1.165) is 25.8 Å². The van der Waals surface area contributed by atoms with Gasteiger partial charge in [-0.05, 0) is 19.3 Å². The minimum atomic E-state index is -0.358. The maximum atomic E-state index is 9.57. The third-order valence-corrected chi connectivity index (χ3v) is 3.35. The maximum absolute atomic E-state index is 9.57. The van der Waals surface area contributed by atoms with Crippen molar-refractivity contribution in [2.75, 3.05) is 29.5 Å². The average molecular weight is 267 g/mol. The van der Waals surface area contributed by atoms with Crippen LogP contribution in [0, 0.1) is 0 Å². The van der Waals surface area contributed by atoms with Crippen molar-refractivity contribution in [1.29, 1.82) is 0 Å². The summed E-state index contributed by atoms with van der Waals surface area (Å²) in [5.41, 5.74) is 5.35. The fourth-order valence-electron chi connectivity index (χ4n) is 1.84. The number of aromatic nitrogens is 2. The van der Waals surface area contributed by atoms with E-state index in [2.05, 4.69) is 27.5 Å². The van der Waals surface area contributed by atoms with Gasteiger partial charge in [0.1, 0.15) is 11.6 Å². The second-order valence-corrected chi connectivity index (χ2v) is 4.69. The highest BCUT2D eigenvalue weighted by atomic mass is 16.3. The van der Waals surface area contributed by atoms with Crippen LogP contribution in [-0.2, 0) is 0 Å². The minimum Gasteiger partial charge on any atom is -0.394 e. The third-order valence-electron chi connectivity index (χ3n) is 3.35. The third kappa shape index (κ3) is 4.24. The summed E-state index contributed by atoms with van der Waals surface area (Å²) in [5.74, 6) is 1.57. The van der Waals surface area contributed by atoms with Crippen LogP contribution in [0.5, 0.6) is 0 Å². The summed E-state index contributed by atoms with van der Waals surface area (Å²) in [6.45, 7) is 7.05. The zero-order valence-electron chi connectivity index (χ0n) is 12.0. The molecule has 0 spiro atoms. The standard InChI is InChI=1S/C13H25N5O/c1-4-7-15-10-8-11(17-12(14)16-10)18-13(5-2,6-3)9-19/h8,19H,4-7,9H2,1-3H3,(H4,14,15,16,17,18). The largest absolute Gasteiger partial charge is 0.394 e. The molecule has 1 aromatic rings. The van der Waals surface area contributed by atoms with Crippen LogP contribution >= 0.6 is 0 Å². The van der Waals surface area contributed by atoms with Crippen LogP contribution in [0.3, 0.4) is 0 Å². The van der Waals surface area contributed by atoms with E-state index in [1.54, 1.807) is 0 Å². The highest BCUT2D eigenvalue weighted by Crippen LogP contribution is 2.22. The van der Waals surface area contributed by atoms with Gasteiger partial charge in [-0.15, -0.1) is 0 Å². The molecule has 1 rings (SSSR count). The predicted octanol–water partition coefficient (Wildman–Crippen LogP) is 1.84. The van der Waals surface area contributed by atoms with Crippen LogP contribution in [0.4, 0.5) is 17.6 Å². The summed E-state index contributed by atoms with van der Waals surface area (Å²) >= 11 is 0. The van der Waals surface area contributed by atoms with Gasteiger partial charge in [-0.2, -0.15) is 9.97 Å². The molecule has 6 nitrogen and oxygen atoms in total. The lowest BCUT2D eigenvalue weighted by Crippen LogP contribution is -2.41. The van der Waals surface area contributed by atoms with E-state index in [4.69, 9.17) is 5.73 Å². The number of hydrogen-bond acceptors (Lipinski definition) is 6. The highest BCUT2D eigenvalue weighted by molar-refractivity contribution is 5.52. The van der Waals surface area contributed by atoms with Crippen LogP contribution < -0.4 is 16.4 Å². The van der Waals surface area contributed by atoms with E-state index < -0.39 is 0 Å². The number of anilines is 3. The van der Waals surface area contributed by atoms with Gasteiger partial charge < -0.3 is 21.5 Å². The molecule has 0 saturated heterocycles. The number of nitrogens with one attached hydrogen (secondary N) is 2. The lowest BCUT2D eigenvalue weighted by Gasteiger charge is -2.31. The Kier molecular flexibility index (Phi) is 5.82. The SMILES string of the molecule is CCCNc1cc(NC(CC)(CC)CO)nc(N)n1. The molecule has 1 aromatic heterocycles. The minimum absolute atomic E-state index is 0.0572. The number of nitrogens with two attached hydrogens (primary N) is 1. The molecule has 1 heterocycles. The van der Waals surface area contributed by atoms with Gasteiger partial charge >= 0.3 is 0 Å². The summed E-state index contributed by atoms with van der Waals surface area (Å²) < 4.78 is 0. The number of nitrogens with zero attached hydrogens (tertiary/aromatic N) is 2. The van der Waals surface area contributed by atoms with Gasteiger partial charge in [0, 0.05) is 12.6 Å². The van der Waals surface area contributed by atoms with Crippen LogP contribution in [0.1, 0.15) is 40.0 Å². The Morgan fingerprint density at radius 1 is 1.21 bits per heavy atom. The molecule has 0 aliphatic carbocycles.